The summed E-state index contributed by atoms with van der Waals surface area (Å²) in [6.07, 6.45) is 1.32. The average Bonchev–Trinajstić information content (AvgIpc) is 2.65. The summed E-state index contributed by atoms with van der Waals surface area (Å²) in [5.41, 5.74) is 0.545. The molecular formula is C11H19N3O2. The number of hydrogen-bond acceptors (Lipinski definition) is 3. The van der Waals surface area contributed by atoms with Crippen molar-refractivity contribution in [1.29, 1.82) is 0 Å². The molecule has 1 aromatic heterocycles. The second-order valence-electron chi connectivity index (χ2n) is 4.94. The molecule has 1 heterocycles. The Morgan fingerprint density at radius 1 is 1.62 bits per heavy atom. The van der Waals surface area contributed by atoms with Crippen LogP contribution in [0.3, 0.4) is 0 Å². The lowest BCUT2D eigenvalue weighted by Gasteiger charge is -2.25. The lowest BCUT2D eigenvalue weighted by Crippen LogP contribution is -2.39. The van der Waals surface area contributed by atoms with Crippen LogP contribution in [0.15, 0.2) is 12.3 Å². The molecule has 0 aliphatic heterocycles. The van der Waals surface area contributed by atoms with Gasteiger partial charge in [-0.05, 0) is 11.5 Å². The van der Waals surface area contributed by atoms with Crippen LogP contribution in [0.1, 0.15) is 26.5 Å². The number of rotatable bonds is 4. The van der Waals surface area contributed by atoms with E-state index in [1.165, 1.54) is 0 Å². The monoisotopic (exact) mass is 225 g/mol. The number of nitrogens with one attached hydrogen (secondary N) is 2. The van der Waals surface area contributed by atoms with E-state index in [9.17, 15) is 9.90 Å². The smallest absolute Gasteiger partial charge is 0.226 e. The zero-order valence-electron chi connectivity index (χ0n) is 9.95. The van der Waals surface area contributed by atoms with Crippen molar-refractivity contribution in [3.05, 3.63) is 18.0 Å². The average molecular weight is 225 g/mol. The van der Waals surface area contributed by atoms with E-state index in [0.717, 1.165) is 5.69 Å². The number of amides is 1. The number of nitrogens with zero attached hydrogens (tertiary/aromatic N) is 1. The van der Waals surface area contributed by atoms with Gasteiger partial charge in [0, 0.05) is 18.4 Å². The highest BCUT2D eigenvalue weighted by Crippen LogP contribution is 2.17. The minimum absolute atomic E-state index is 0.118. The van der Waals surface area contributed by atoms with Crippen molar-refractivity contribution in [2.75, 3.05) is 6.54 Å². The van der Waals surface area contributed by atoms with Crippen LogP contribution in [0.25, 0.3) is 0 Å². The quantitative estimate of drug-likeness (QED) is 0.697. The van der Waals surface area contributed by atoms with Crippen molar-refractivity contribution in [1.82, 2.24) is 15.5 Å². The second kappa shape index (κ2) is 5.12. The number of aliphatic hydroxyl groups excluding tert-OH is 1. The highest BCUT2D eigenvalue weighted by Gasteiger charge is 2.22. The number of aromatic amines is 1. The highest BCUT2D eigenvalue weighted by molar-refractivity contribution is 5.78. The van der Waals surface area contributed by atoms with E-state index in [1.54, 1.807) is 12.3 Å². The molecule has 3 N–H and O–H groups in total. The number of carbonyl (C=O) groups is 1. The molecule has 0 fully saturated rings. The van der Waals surface area contributed by atoms with Crippen LogP contribution >= 0.6 is 0 Å². The molecule has 0 bridgehead atoms. The van der Waals surface area contributed by atoms with Crippen molar-refractivity contribution >= 4 is 5.91 Å². The van der Waals surface area contributed by atoms with Gasteiger partial charge in [-0.3, -0.25) is 9.89 Å². The van der Waals surface area contributed by atoms with Gasteiger partial charge in [0.15, 0.2) is 0 Å². The van der Waals surface area contributed by atoms with Crippen molar-refractivity contribution in [3.8, 4) is 0 Å². The molecule has 1 rings (SSSR count). The van der Waals surface area contributed by atoms with Crippen LogP contribution < -0.4 is 5.32 Å². The molecule has 16 heavy (non-hydrogen) atoms. The predicted octanol–water partition coefficient (Wildman–Crippen LogP) is 0.475. The van der Waals surface area contributed by atoms with Crippen LogP contribution in [-0.2, 0) is 11.2 Å². The summed E-state index contributed by atoms with van der Waals surface area (Å²) in [5, 5.41) is 18.9. The molecule has 0 aliphatic carbocycles. The van der Waals surface area contributed by atoms with Crippen LogP contribution in [-0.4, -0.2) is 33.9 Å². The number of carbonyl (C=O) groups excluding carboxylic acids is 1. The Labute approximate surface area is 95.3 Å². The SMILES string of the molecule is CC(C)(C)C(O)CNC(=O)Cc1ccn[nH]1. The Balaban J connectivity index is 2.31. The van der Waals surface area contributed by atoms with Crippen LogP contribution in [0.2, 0.25) is 0 Å². The Morgan fingerprint density at radius 2 is 2.31 bits per heavy atom. The first-order valence-electron chi connectivity index (χ1n) is 5.32. The molecule has 5 nitrogen and oxygen atoms in total. The molecule has 5 heteroatoms. The van der Waals surface area contributed by atoms with Crippen molar-refractivity contribution in [2.45, 2.75) is 33.3 Å². The number of aliphatic hydroxyl groups is 1. The van der Waals surface area contributed by atoms with E-state index >= 15 is 0 Å². The predicted molar refractivity (Wildman–Crippen MR) is 60.8 cm³/mol. The molecule has 90 valence electrons. The maximum Gasteiger partial charge on any atom is 0.226 e. The maximum absolute atomic E-state index is 11.5. The fourth-order valence-electron chi connectivity index (χ4n) is 1.14. The van der Waals surface area contributed by atoms with Crippen LogP contribution in [0, 0.1) is 5.41 Å². The molecule has 0 aromatic carbocycles. The van der Waals surface area contributed by atoms with Gasteiger partial charge in [0.2, 0.25) is 5.91 Å². The van der Waals surface area contributed by atoms with Gasteiger partial charge in [-0.2, -0.15) is 5.10 Å². The molecule has 0 saturated carbocycles. The van der Waals surface area contributed by atoms with E-state index in [1.807, 2.05) is 20.8 Å². The number of hydrogen-bond donors (Lipinski definition) is 3. The van der Waals surface area contributed by atoms with Crippen LogP contribution in [0.4, 0.5) is 0 Å². The first-order chi connectivity index (χ1) is 7.39. The standard InChI is InChI=1S/C11H19N3O2/c1-11(2,3)9(15)7-12-10(16)6-8-4-5-13-14-8/h4-5,9,15H,6-7H2,1-3H3,(H,12,16)(H,13,14). The van der Waals surface area contributed by atoms with Gasteiger partial charge in [0.25, 0.3) is 0 Å². The van der Waals surface area contributed by atoms with E-state index in [4.69, 9.17) is 0 Å². The summed E-state index contributed by atoms with van der Waals surface area (Å²) in [7, 11) is 0. The van der Waals surface area contributed by atoms with Crippen molar-refractivity contribution in [3.63, 3.8) is 0 Å². The largest absolute Gasteiger partial charge is 0.391 e. The minimum Gasteiger partial charge on any atom is -0.391 e. The summed E-state index contributed by atoms with van der Waals surface area (Å²) >= 11 is 0. The summed E-state index contributed by atoms with van der Waals surface area (Å²) in [6.45, 7) is 6.06. The molecule has 0 aliphatic rings. The maximum atomic E-state index is 11.5. The van der Waals surface area contributed by atoms with Crippen LogP contribution in [0.5, 0.6) is 0 Å². The van der Waals surface area contributed by atoms with Gasteiger partial charge in [0.1, 0.15) is 0 Å². The summed E-state index contributed by atoms with van der Waals surface area (Å²) in [6, 6.07) is 1.75. The van der Waals surface area contributed by atoms with E-state index in [2.05, 4.69) is 15.5 Å². The van der Waals surface area contributed by atoms with E-state index < -0.39 is 6.10 Å². The zero-order chi connectivity index (χ0) is 12.2. The third kappa shape index (κ3) is 4.02. The fraction of sp³-hybridized carbons (Fsp3) is 0.636. The Hall–Kier alpha value is -1.36. The van der Waals surface area contributed by atoms with E-state index in [0.29, 0.717) is 0 Å². The zero-order valence-corrected chi connectivity index (χ0v) is 9.95. The summed E-state index contributed by atoms with van der Waals surface area (Å²) in [5.74, 6) is -0.118. The third-order valence-electron chi connectivity index (χ3n) is 2.40. The minimum atomic E-state index is -0.543. The highest BCUT2D eigenvalue weighted by atomic mass is 16.3. The number of aromatic nitrogens is 2. The Morgan fingerprint density at radius 3 is 2.81 bits per heavy atom. The molecule has 1 unspecified atom stereocenters. The summed E-state index contributed by atoms with van der Waals surface area (Å²) < 4.78 is 0. The first kappa shape index (κ1) is 12.7. The van der Waals surface area contributed by atoms with Crippen molar-refractivity contribution in [2.24, 2.45) is 5.41 Å². The normalized spacial score (nSPS) is 13.5. The molecule has 0 radical (unpaired) electrons. The van der Waals surface area contributed by atoms with Gasteiger partial charge in [-0.25, -0.2) is 0 Å². The van der Waals surface area contributed by atoms with Crippen molar-refractivity contribution < 1.29 is 9.90 Å². The van der Waals surface area contributed by atoms with Gasteiger partial charge in [0.05, 0.1) is 12.5 Å². The fourth-order valence-corrected chi connectivity index (χ4v) is 1.14. The van der Waals surface area contributed by atoms with Gasteiger partial charge < -0.3 is 10.4 Å². The Kier molecular flexibility index (Phi) is 4.06. The van der Waals surface area contributed by atoms with E-state index in [-0.39, 0.29) is 24.3 Å². The lowest BCUT2D eigenvalue weighted by molar-refractivity contribution is -0.121. The van der Waals surface area contributed by atoms with Gasteiger partial charge in [-0.1, -0.05) is 20.8 Å². The Bertz CT molecular complexity index is 327. The third-order valence-corrected chi connectivity index (χ3v) is 2.40. The number of H-pyrrole nitrogens is 1. The molecule has 1 amide bonds. The molecular weight excluding hydrogens is 206 g/mol. The molecule has 1 aromatic rings. The molecule has 0 saturated heterocycles. The second-order valence-corrected chi connectivity index (χ2v) is 4.94. The molecule has 1 atom stereocenters. The van der Waals surface area contributed by atoms with Gasteiger partial charge >= 0.3 is 0 Å². The first-order valence-corrected chi connectivity index (χ1v) is 5.32. The molecule has 0 spiro atoms. The summed E-state index contributed by atoms with van der Waals surface area (Å²) in [4.78, 5) is 11.5. The van der Waals surface area contributed by atoms with Gasteiger partial charge in [-0.15, -0.1) is 0 Å². The topological polar surface area (TPSA) is 78.0 Å². The lowest BCUT2D eigenvalue weighted by atomic mass is 9.89.